The van der Waals surface area contributed by atoms with Gasteiger partial charge in [0.05, 0.1) is 0 Å². The number of allylic oxidation sites excluding steroid dienone is 1. The predicted octanol–water partition coefficient (Wildman–Crippen LogP) is 7.44. The van der Waals surface area contributed by atoms with Gasteiger partial charge in [-0.05, 0) is 78.4 Å². The van der Waals surface area contributed by atoms with E-state index in [1.54, 1.807) is 72.8 Å². The number of amides is 2. The number of benzene rings is 4. The highest BCUT2D eigenvalue weighted by Crippen LogP contribution is 2.23. The van der Waals surface area contributed by atoms with Gasteiger partial charge in [-0.3, -0.25) is 14.4 Å². The lowest BCUT2D eigenvalue weighted by atomic mass is 10.1. The van der Waals surface area contributed by atoms with Crippen molar-refractivity contribution in [3.63, 3.8) is 0 Å². The second-order valence-electron chi connectivity index (χ2n) is 8.29. The smallest absolute Gasteiger partial charge is 0.272 e. The van der Waals surface area contributed by atoms with E-state index in [1.807, 2.05) is 0 Å². The summed E-state index contributed by atoms with van der Waals surface area (Å²) >= 11 is 12.3. The molecule has 0 aliphatic rings. The van der Waals surface area contributed by atoms with E-state index in [9.17, 15) is 18.8 Å². The van der Waals surface area contributed by atoms with Gasteiger partial charge in [0, 0.05) is 32.4 Å². The second-order valence-corrected chi connectivity index (χ2v) is 9.14. The fourth-order valence-corrected chi connectivity index (χ4v) is 3.97. The molecule has 5 nitrogen and oxygen atoms in total. The summed E-state index contributed by atoms with van der Waals surface area (Å²) in [6.07, 6.45) is 4.13. The van der Waals surface area contributed by atoms with Crippen LogP contribution in [0.3, 0.4) is 0 Å². The van der Waals surface area contributed by atoms with E-state index in [-0.39, 0.29) is 11.5 Å². The molecule has 0 heterocycles. The normalized spacial score (nSPS) is 11.3. The first kappa shape index (κ1) is 27.5. The van der Waals surface area contributed by atoms with Gasteiger partial charge in [0.1, 0.15) is 11.5 Å². The maximum Gasteiger partial charge on any atom is 0.272 e. The maximum absolute atomic E-state index is 13.8. The van der Waals surface area contributed by atoms with Crippen LogP contribution in [0.15, 0.2) is 109 Å². The van der Waals surface area contributed by atoms with Crippen molar-refractivity contribution >= 4 is 58.6 Å². The lowest BCUT2D eigenvalue weighted by Gasteiger charge is -2.12. The third kappa shape index (κ3) is 7.51. The molecule has 4 aromatic rings. The molecule has 0 saturated carbocycles. The molecule has 0 spiro atoms. The zero-order chi connectivity index (χ0) is 27.8. The van der Waals surface area contributed by atoms with Crippen LogP contribution in [0.2, 0.25) is 10.0 Å². The molecule has 0 atom stereocenters. The van der Waals surface area contributed by atoms with Gasteiger partial charge in [-0.15, -0.1) is 0 Å². The molecule has 39 heavy (non-hydrogen) atoms. The number of nitrogens with one attached hydrogen (secondary N) is 2. The van der Waals surface area contributed by atoms with E-state index < -0.39 is 17.6 Å². The van der Waals surface area contributed by atoms with E-state index >= 15 is 0 Å². The minimum atomic E-state index is -0.608. The van der Waals surface area contributed by atoms with Crippen molar-refractivity contribution in [1.29, 1.82) is 0 Å². The van der Waals surface area contributed by atoms with Gasteiger partial charge in [-0.2, -0.15) is 0 Å². The van der Waals surface area contributed by atoms with Gasteiger partial charge in [0.15, 0.2) is 5.78 Å². The zero-order valence-electron chi connectivity index (χ0n) is 20.3. The highest BCUT2D eigenvalue weighted by Gasteiger charge is 2.16. The Balaban J connectivity index is 1.52. The van der Waals surface area contributed by atoms with Gasteiger partial charge >= 0.3 is 0 Å². The van der Waals surface area contributed by atoms with E-state index in [4.69, 9.17) is 23.2 Å². The summed E-state index contributed by atoms with van der Waals surface area (Å²) in [4.78, 5) is 38.5. The highest BCUT2D eigenvalue weighted by atomic mass is 35.5. The Labute approximate surface area is 234 Å². The second kappa shape index (κ2) is 12.8. The van der Waals surface area contributed by atoms with Gasteiger partial charge in [0.2, 0.25) is 0 Å². The molecule has 0 aliphatic heterocycles. The summed E-state index contributed by atoms with van der Waals surface area (Å²) in [5.41, 5.74) is 1.82. The molecule has 8 heteroatoms. The van der Waals surface area contributed by atoms with Crippen LogP contribution in [0, 0.1) is 5.82 Å². The average Bonchev–Trinajstić information content (AvgIpc) is 2.94. The largest absolute Gasteiger partial charge is 0.321 e. The van der Waals surface area contributed by atoms with Crippen LogP contribution >= 0.6 is 23.2 Å². The molecule has 0 radical (unpaired) electrons. The fourth-order valence-electron chi connectivity index (χ4n) is 3.50. The zero-order valence-corrected chi connectivity index (χ0v) is 21.8. The first-order valence-corrected chi connectivity index (χ1v) is 12.5. The molecular formula is C31H21Cl2FN2O3. The van der Waals surface area contributed by atoms with Crippen LogP contribution in [-0.2, 0) is 4.79 Å². The third-order valence-electron chi connectivity index (χ3n) is 5.54. The van der Waals surface area contributed by atoms with Crippen LogP contribution in [-0.4, -0.2) is 17.6 Å². The SMILES string of the molecule is O=C(Nc1ccc(C(=O)/C=C/c2ccccc2F)cc1)/C(=C/c1ccc(Cl)cc1Cl)NC(=O)c1ccccc1. The van der Waals surface area contributed by atoms with Crippen molar-refractivity contribution in [2.75, 3.05) is 5.32 Å². The monoisotopic (exact) mass is 558 g/mol. The molecule has 0 fully saturated rings. The Morgan fingerprint density at radius 3 is 2.13 bits per heavy atom. The summed E-state index contributed by atoms with van der Waals surface area (Å²) in [7, 11) is 0. The van der Waals surface area contributed by atoms with Crippen LogP contribution in [0.4, 0.5) is 10.1 Å². The molecule has 2 amide bonds. The first-order chi connectivity index (χ1) is 18.8. The standard InChI is InChI=1S/C31H21Cl2FN2O3/c32-24-14-10-23(26(33)19-24)18-28(36-30(38)22-7-2-1-3-8-22)31(39)35-25-15-11-21(12-16-25)29(37)17-13-20-6-4-5-9-27(20)34/h1-19H,(H,35,39)(H,36,38)/b17-13+,28-18-. The Morgan fingerprint density at radius 2 is 1.44 bits per heavy atom. The molecule has 0 unspecified atom stereocenters. The van der Waals surface area contributed by atoms with Crippen molar-refractivity contribution in [2.24, 2.45) is 0 Å². The van der Waals surface area contributed by atoms with E-state index in [2.05, 4.69) is 10.6 Å². The number of carbonyl (C=O) groups excluding carboxylic acids is 3. The summed E-state index contributed by atoms with van der Waals surface area (Å²) in [6, 6.07) is 25.5. The lowest BCUT2D eigenvalue weighted by Crippen LogP contribution is -2.30. The topological polar surface area (TPSA) is 75.3 Å². The maximum atomic E-state index is 13.8. The van der Waals surface area contributed by atoms with Crippen LogP contribution in [0.5, 0.6) is 0 Å². The van der Waals surface area contributed by atoms with Crippen molar-refractivity contribution in [1.82, 2.24) is 5.32 Å². The number of anilines is 1. The van der Waals surface area contributed by atoms with Crippen LogP contribution in [0.25, 0.3) is 12.2 Å². The number of halogens is 3. The quantitative estimate of drug-likeness (QED) is 0.174. The van der Waals surface area contributed by atoms with Gasteiger partial charge in [-0.1, -0.05) is 65.7 Å². The van der Waals surface area contributed by atoms with Crippen molar-refractivity contribution in [3.05, 3.63) is 147 Å². The number of carbonyl (C=O) groups is 3. The average molecular weight is 559 g/mol. The van der Waals surface area contributed by atoms with Crippen LogP contribution < -0.4 is 10.6 Å². The van der Waals surface area contributed by atoms with E-state index in [0.717, 1.165) is 0 Å². The minimum absolute atomic E-state index is 0.0546. The molecule has 4 aromatic carbocycles. The summed E-state index contributed by atoms with van der Waals surface area (Å²) in [6.45, 7) is 0. The molecule has 194 valence electrons. The Hall–Kier alpha value is -4.52. The van der Waals surface area contributed by atoms with Gasteiger partial charge in [-0.25, -0.2) is 4.39 Å². The van der Waals surface area contributed by atoms with Crippen molar-refractivity contribution < 1.29 is 18.8 Å². The van der Waals surface area contributed by atoms with Gasteiger partial charge in [0.25, 0.3) is 11.8 Å². The van der Waals surface area contributed by atoms with Gasteiger partial charge < -0.3 is 10.6 Å². The fraction of sp³-hybridized carbons (Fsp3) is 0. The molecule has 0 bridgehead atoms. The summed E-state index contributed by atoms with van der Waals surface area (Å²) < 4.78 is 13.8. The van der Waals surface area contributed by atoms with Crippen molar-refractivity contribution in [2.45, 2.75) is 0 Å². The van der Waals surface area contributed by atoms with E-state index in [1.165, 1.54) is 42.5 Å². The third-order valence-corrected chi connectivity index (χ3v) is 6.10. The summed E-state index contributed by atoms with van der Waals surface area (Å²) in [5.74, 6) is -1.85. The molecular weight excluding hydrogens is 538 g/mol. The molecule has 2 N–H and O–H groups in total. The Kier molecular flexibility index (Phi) is 9.05. The highest BCUT2D eigenvalue weighted by molar-refractivity contribution is 6.35. The molecule has 4 rings (SSSR count). The first-order valence-electron chi connectivity index (χ1n) is 11.7. The molecule has 0 aromatic heterocycles. The summed E-state index contributed by atoms with van der Waals surface area (Å²) in [5, 5.41) is 6.07. The van der Waals surface area contributed by atoms with Crippen molar-refractivity contribution in [3.8, 4) is 0 Å². The number of hydrogen-bond donors (Lipinski definition) is 2. The van der Waals surface area contributed by atoms with Crippen LogP contribution in [0.1, 0.15) is 31.8 Å². The van der Waals surface area contributed by atoms with E-state index in [0.29, 0.717) is 38.0 Å². The molecule has 0 aliphatic carbocycles. The molecule has 0 saturated heterocycles. The number of hydrogen-bond acceptors (Lipinski definition) is 3. The lowest BCUT2D eigenvalue weighted by molar-refractivity contribution is -0.113. The minimum Gasteiger partial charge on any atom is -0.321 e. The Bertz CT molecular complexity index is 1580. The number of ketones is 1. The predicted molar refractivity (Wildman–Crippen MR) is 153 cm³/mol. The number of rotatable bonds is 8. The Morgan fingerprint density at radius 1 is 0.744 bits per heavy atom.